The number of amides is 1. The van der Waals surface area contributed by atoms with Gasteiger partial charge in [0.2, 0.25) is 6.79 Å². The Bertz CT molecular complexity index is 784. The molecule has 0 spiro atoms. The quantitative estimate of drug-likeness (QED) is 0.450. The third kappa shape index (κ3) is 7.39. The number of aromatic nitrogens is 1. The molecule has 1 aliphatic heterocycles. The molecule has 1 fully saturated rings. The number of hydrogen-bond donors (Lipinski definition) is 1. The number of cyclic esters (lactones) is 1. The number of nitrogens with one attached hydrogen (secondary N) is 1. The molecule has 32 heavy (non-hydrogen) atoms. The molecule has 1 aromatic rings. The SMILES string of the molecule is CCCC[C@@H]1CCCC[C@H](NC(=O)c2nccc(OC)c2OCOC(C)=O)C(=O)O[C@H]1C. The van der Waals surface area contributed by atoms with Crippen molar-refractivity contribution in [3.63, 3.8) is 0 Å². The first kappa shape index (κ1) is 25.4. The fraction of sp³-hybridized carbons (Fsp3) is 0.652. The van der Waals surface area contributed by atoms with Gasteiger partial charge in [-0.15, -0.1) is 0 Å². The molecule has 2 heterocycles. The van der Waals surface area contributed by atoms with Crippen molar-refractivity contribution in [3.8, 4) is 11.5 Å². The van der Waals surface area contributed by atoms with Crippen molar-refractivity contribution in [1.82, 2.24) is 10.3 Å². The minimum atomic E-state index is -0.788. The number of carbonyl (C=O) groups excluding carboxylic acids is 3. The Morgan fingerprint density at radius 2 is 2.03 bits per heavy atom. The van der Waals surface area contributed by atoms with Crippen LogP contribution in [0.15, 0.2) is 12.3 Å². The van der Waals surface area contributed by atoms with Crippen molar-refractivity contribution < 1.29 is 33.3 Å². The lowest BCUT2D eigenvalue weighted by Gasteiger charge is -2.24. The maximum atomic E-state index is 13.0. The summed E-state index contributed by atoms with van der Waals surface area (Å²) in [6.07, 6.45) is 7.67. The van der Waals surface area contributed by atoms with Crippen LogP contribution in [0.1, 0.15) is 76.2 Å². The minimum absolute atomic E-state index is 0.0261. The van der Waals surface area contributed by atoms with E-state index < -0.39 is 30.7 Å². The van der Waals surface area contributed by atoms with Crippen molar-refractivity contribution >= 4 is 17.8 Å². The zero-order chi connectivity index (χ0) is 23.5. The summed E-state index contributed by atoms with van der Waals surface area (Å²) >= 11 is 0. The number of esters is 2. The molecule has 1 aromatic heterocycles. The topological polar surface area (TPSA) is 113 Å². The highest BCUT2D eigenvalue weighted by Gasteiger charge is 2.30. The minimum Gasteiger partial charge on any atom is -0.493 e. The Morgan fingerprint density at radius 3 is 2.72 bits per heavy atom. The van der Waals surface area contributed by atoms with Gasteiger partial charge in [0.25, 0.3) is 5.91 Å². The van der Waals surface area contributed by atoms with Crippen LogP contribution < -0.4 is 14.8 Å². The van der Waals surface area contributed by atoms with E-state index >= 15 is 0 Å². The van der Waals surface area contributed by atoms with Gasteiger partial charge in [-0.1, -0.05) is 32.6 Å². The average Bonchev–Trinajstić information content (AvgIpc) is 2.82. The molecule has 1 N–H and O–H groups in total. The molecule has 0 bridgehead atoms. The molecule has 9 nitrogen and oxygen atoms in total. The van der Waals surface area contributed by atoms with Gasteiger partial charge in [-0.2, -0.15) is 0 Å². The summed E-state index contributed by atoms with van der Waals surface area (Å²) in [6.45, 7) is 4.91. The Labute approximate surface area is 189 Å². The van der Waals surface area contributed by atoms with Gasteiger partial charge in [-0.25, -0.2) is 9.78 Å². The zero-order valence-electron chi connectivity index (χ0n) is 19.3. The van der Waals surface area contributed by atoms with Crippen LogP contribution in [0.5, 0.6) is 11.5 Å². The fourth-order valence-electron chi connectivity index (χ4n) is 3.74. The standard InChI is InChI=1S/C23H34N2O7/c1-5-6-9-17-10-7-8-11-18(23(28)32-15(17)2)25-22(27)20-21(31-14-30-16(3)26)19(29-4)12-13-24-20/h12-13,15,17-18H,5-11,14H2,1-4H3,(H,25,27)/t15-,17+,18-/m0/s1. The number of rotatable bonds is 9. The fourth-order valence-corrected chi connectivity index (χ4v) is 3.74. The normalized spacial score (nSPS) is 21.4. The summed E-state index contributed by atoms with van der Waals surface area (Å²) in [4.78, 5) is 40.9. The molecule has 0 unspecified atom stereocenters. The van der Waals surface area contributed by atoms with Gasteiger partial charge in [-0.3, -0.25) is 9.59 Å². The predicted octanol–water partition coefficient (Wildman–Crippen LogP) is 3.40. The highest BCUT2D eigenvalue weighted by Crippen LogP contribution is 2.30. The number of pyridine rings is 1. The van der Waals surface area contributed by atoms with Gasteiger partial charge in [0.05, 0.1) is 7.11 Å². The number of carbonyl (C=O) groups is 3. The Balaban J connectivity index is 2.13. The van der Waals surface area contributed by atoms with Crippen LogP contribution in [-0.4, -0.2) is 48.9 Å². The third-order valence-electron chi connectivity index (χ3n) is 5.57. The van der Waals surface area contributed by atoms with E-state index in [1.165, 1.54) is 26.3 Å². The summed E-state index contributed by atoms with van der Waals surface area (Å²) in [7, 11) is 1.42. The van der Waals surface area contributed by atoms with Crippen LogP contribution in [0.3, 0.4) is 0 Å². The van der Waals surface area contributed by atoms with E-state index in [0.717, 1.165) is 38.5 Å². The lowest BCUT2D eigenvalue weighted by atomic mass is 9.91. The van der Waals surface area contributed by atoms with Crippen molar-refractivity contribution in [2.45, 2.75) is 77.9 Å². The maximum Gasteiger partial charge on any atom is 0.328 e. The van der Waals surface area contributed by atoms with Crippen LogP contribution in [-0.2, 0) is 19.1 Å². The van der Waals surface area contributed by atoms with E-state index in [4.69, 9.17) is 18.9 Å². The molecule has 0 aliphatic carbocycles. The molecule has 0 radical (unpaired) electrons. The summed E-state index contributed by atoms with van der Waals surface area (Å²) in [5.41, 5.74) is -0.0713. The van der Waals surface area contributed by atoms with Gasteiger partial charge in [0.1, 0.15) is 12.1 Å². The van der Waals surface area contributed by atoms with E-state index in [9.17, 15) is 14.4 Å². The van der Waals surface area contributed by atoms with Gasteiger partial charge >= 0.3 is 11.9 Å². The van der Waals surface area contributed by atoms with Crippen LogP contribution in [0, 0.1) is 5.92 Å². The van der Waals surface area contributed by atoms with E-state index in [2.05, 4.69) is 17.2 Å². The van der Waals surface area contributed by atoms with Gasteiger partial charge < -0.3 is 24.3 Å². The van der Waals surface area contributed by atoms with Crippen LogP contribution >= 0.6 is 0 Å². The number of methoxy groups -OCH3 is 1. The number of ether oxygens (including phenoxy) is 4. The molecule has 1 amide bonds. The average molecular weight is 451 g/mol. The first-order chi connectivity index (χ1) is 15.4. The Morgan fingerprint density at radius 1 is 1.28 bits per heavy atom. The molecule has 3 atom stereocenters. The predicted molar refractivity (Wildman–Crippen MR) is 116 cm³/mol. The lowest BCUT2D eigenvalue weighted by Crippen LogP contribution is -2.43. The number of hydrogen-bond acceptors (Lipinski definition) is 8. The van der Waals surface area contributed by atoms with Crippen LogP contribution in [0.2, 0.25) is 0 Å². The second-order valence-corrected chi connectivity index (χ2v) is 7.94. The second-order valence-electron chi connectivity index (χ2n) is 7.94. The summed E-state index contributed by atoms with van der Waals surface area (Å²) in [6, 6.07) is 0.732. The van der Waals surface area contributed by atoms with Gasteiger partial charge in [0.15, 0.2) is 17.2 Å². The van der Waals surface area contributed by atoms with E-state index in [0.29, 0.717) is 12.3 Å². The molecule has 0 aromatic carbocycles. The Kier molecular flexibility index (Phi) is 10.2. The lowest BCUT2D eigenvalue weighted by molar-refractivity contribution is -0.153. The highest BCUT2D eigenvalue weighted by molar-refractivity contribution is 5.98. The first-order valence-electron chi connectivity index (χ1n) is 11.2. The van der Waals surface area contributed by atoms with Crippen molar-refractivity contribution in [3.05, 3.63) is 18.0 Å². The van der Waals surface area contributed by atoms with Gasteiger partial charge in [0, 0.05) is 19.2 Å². The summed E-state index contributed by atoms with van der Waals surface area (Å²) in [5, 5.41) is 2.73. The molecular formula is C23H34N2O7. The van der Waals surface area contributed by atoms with E-state index in [1.807, 2.05) is 6.92 Å². The summed E-state index contributed by atoms with van der Waals surface area (Å²) in [5.74, 6) is -0.967. The van der Waals surface area contributed by atoms with Crippen molar-refractivity contribution in [2.75, 3.05) is 13.9 Å². The third-order valence-corrected chi connectivity index (χ3v) is 5.57. The van der Waals surface area contributed by atoms with Crippen LogP contribution in [0.25, 0.3) is 0 Å². The van der Waals surface area contributed by atoms with Crippen LogP contribution in [0.4, 0.5) is 0 Å². The van der Waals surface area contributed by atoms with Gasteiger partial charge in [-0.05, 0) is 32.1 Å². The zero-order valence-corrected chi connectivity index (χ0v) is 19.3. The molecule has 178 valence electrons. The number of nitrogens with zero attached hydrogens (tertiary/aromatic N) is 1. The van der Waals surface area contributed by atoms with Crippen molar-refractivity contribution in [2.24, 2.45) is 5.92 Å². The molecule has 2 rings (SSSR count). The molecule has 0 saturated carbocycles. The summed E-state index contributed by atoms with van der Waals surface area (Å²) < 4.78 is 21.2. The molecule has 1 saturated heterocycles. The highest BCUT2D eigenvalue weighted by atomic mass is 16.7. The van der Waals surface area contributed by atoms with E-state index in [1.54, 1.807) is 0 Å². The second kappa shape index (κ2) is 12.9. The van der Waals surface area contributed by atoms with E-state index in [-0.39, 0.29) is 23.3 Å². The molecule has 1 aliphatic rings. The largest absolute Gasteiger partial charge is 0.493 e. The smallest absolute Gasteiger partial charge is 0.328 e. The molecular weight excluding hydrogens is 416 g/mol. The Hall–Kier alpha value is -2.84. The molecule has 9 heteroatoms. The maximum absolute atomic E-state index is 13.0. The van der Waals surface area contributed by atoms with Crippen molar-refractivity contribution in [1.29, 1.82) is 0 Å². The monoisotopic (exact) mass is 450 g/mol. The number of unbranched alkanes of at least 4 members (excludes halogenated alkanes) is 1. The first-order valence-corrected chi connectivity index (χ1v) is 11.2.